The van der Waals surface area contributed by atoms with Crippen LogP contribution in [0.15, 0.2) is 28.8 Å². The van der Waals surface area contributed by atoms with Gasteiger partial charge >= 0.3 is 0 Å². The molecular formula is C17H21ClN4O2. The highest BCUT2D eigenvalue weighted by molar-refractivity contribution is 6.30. The van der Waals surface area contributed by atoms with Gasteiger partial charge in [-0.2, -0.15) is 4.98 Å². The van der Waals surface area contributed by atoms with Gasteiger partial charge in [-0.05, 0) is 24.6 Å². The fourth-order valence-corrected chi connectivity index (χ4v) is 2.97. The van der Waals surface area contributed by atoms with E-state index < -0.39 is 0 Å². The molecule has 0 saturated carbocycles. The second-order valence-corrected chi connectivity index (χ2v) is 6.37. The number of hydrogen-bond acceptors (Lipinski definition) is 5. The fraction of sp³-hybridized carbons (Fsp3) is 0.471. The van der Waals surface area contributed by atoms with Gasteiger partial charge in [0.15, 0.2) is 5.82 Å². The van der Waals surface area contributed by atoms with Crippen molar-refractivity contribution in [1.29, 1.82) is 0 Å². The molecule has 1 fully saturated rings. The fourth-order valence-electron chi connectivity index (χ4n) is 2.78. The minimum atomic E-state index is 0.250. The Morgan fingerprint density at radius 3 is 2.79 bits per heavy atom. The normalized spacial score (nSPS) is 15.7. The zero-order valence-electron chi connectivity index (χ0n) is 13.7. The van der Waals surface area contributed by atoms with E-state index in [1.165, 1.54) is 0 Å². The highest BCUT2D eigenvalue weighted by Gasteiger charge is 2.21. The molecule has 1 aliphatic rings. The number of nitrogens with zero attached hydrogens (tertiary/aromatic N) is 4. The Hall–Kier alpha value is -1.92. The van der Waals surface area contributed by atoms with Crippen LogP contribution in [0.1, 0.15) is 25.6 Å². The molecule has 0 atom stereocenters. The van der Waals surface area contributed by atoms with E-state index in [1.54, 1.807) is 6.07 Å². The second-order valence-electron chi connectivity index (χ2n) is 5.93. The van der Waals surface area contributed by atoms with Gasteiger partial charge < -0.3 is 9.42 Å². The van der Waals surface area contributed by atoms with Crippen molar-refractivity contribution in [3.63, 3.8) is 0 Å². The summed E-state index contributed by atoms with van der Waals surface area (Å²) in [5.41, 5.74) is 0.816. The summed E-state index contributed by atoms with van der Waals surface area (Å²) in [4.78, 5) is 20.5. The van der Waals surface area contributed by atoms with Crippen molar-refractivity contribution >= 4 is 17.5 Å². The van der Waals surface area contributed by atoms with Crippen LogP contribution in [-0.2, 0) is 11.3 Å². The third-order valence-electron chi connectivity index (χ3n) is 4.09. The van der Waals surface area contributed by atoms with Gasteiger partial charge in [-0.25, -0.2) is 0 Å². The molecule has 7 heteroatoms. The molecule has 24 heavy (non-hydrogen) atoms. The largest absolute Gasteiger partial charge is 0.340 e. The molecule has 6 nitrogen and oxygen atoms in total. The zero-order valence-corrected chi connectivity index (χ0v) is 14.5. The van der Waals surface area contributed by atoms with Gasteiger partial charge in [0.25, 0.3) is 5.89 Å². The van der Waals surface area contributed by atoms with E-state index in [4.69, 9.17) is 16.1 Å². The Labute approximate surface area is 146 Å². The van der Waals surface area contributed by atoms with Crippen LogP contribution in [0.5, 0.6) is 0 Å². The Kier molecular flexibility index (Phi) is 5.48. The average Bonchev–Trinajstić information content (AvgIpc) is 3.04. The molecule has 1 amide bonds. The van der Waals surface area contributed by atoms with Crippen LogP contribution in [-0.4, -0.2) is 52.0 Å². The molecule has 1 aliphatic heterocycles. The SMILES string of the molecule is CCCC(=O)N1CCN(Cc2noc(-c3cccc(Cl)c3)n2)CC1. The Balaban J connectivity index is 1.56. The molecule has 2 aromatic rings. The summed E-state index contributed by atoms with van der Waals surface area (Å²) in [6, 6.07) is 7.36. The van der Waals surface area contributed by atoms with Gasteiger partial charge in [0, 0.05) is 43.2 Å². The van der Waals surface area contributed by atoms with Crippen LogP contribution >= 0.6 is 11.6 Å². The topological polar surface area (TPSA) is 62.5 Å². The third-order valence-corrected chi connectivity index (χ3v) is 4.33. The summed E-state index contributed by atoms with van der Waals surface area (Å²) >= 11 is 5.99. The van der Waals surface area contributed by atoms with Crippen molar-refractivity contribution in [3.8, 4) is 11.5 Å². The molecule has 1 aromatic heterocycles. The van der Waals surface area contributed by atoms with Gasteiger partial charge in [-0.15, -0.1) is 0 Å². The molecule has 3 rings (SSSR count). The molecule has 0 radical (unpaired) electrons. The number of halogens is 1. The molecule has 0 spiro atoms. The number of piperazine rings is 1. The zero-order chi connectivity index (χ0) is 16.9. The lowest BCUT2D eigenvalue weighted by Gasteiger charge is -2.34. The second kappa shape index (κ2) is 7.77. The van der Waals surface area contributed by atoms with Gasteiger partial charge in [0.05, 0.1) is 6.54 Å². The predicted octanol–water partition coefficient (Wildman–Crippen LogP) is 2.83. The molecule has 1 saturated heterocycles. The summed E-state index contributed by atoms with van der Waals surface area (Å²) < 4.78 is 5.33. The van der Waals surface area contributed by atoms with E-state index in [2.05, 4.69) is 15.0 Å². The van der Waals surface area contributed by atoms with Crippen molar-refractivity contribution in [2.24, 2.45) is 0 Å². The van der Waals surface area contributed by atoms with Gasteiger partial charge in [0.1, 0.15) is 0 Å². The number of aromatic nitrogens is 2. The van der Waals surface area contributed by atoms with E-state index in [-0.39, 0.29) is 5.91 Å². The van der Waals surface area contributed by atoms with Crippen LogP contribution in [0.3, 0.4) is 0 Å². The quantitative estimate of drug-likeness (QED) is 0.831. The molecule has 128 valence electrons. The maximum absolute atomic E-state index is 11.9. The van der Waals surface area contributed by atoms with E-state index in [0.717, 1.165) is 38.2 Å². The van der Waals surface area contributed by atoms with Crippen molar-refractivity contribution in [1.82, 2.24) is 19.9 Å². The molecule has 0 bridgehead atoms. The lowest BCUT2D eigenvalue weighted by molar-refractivity contribution is -0.133. The van der Waals surface area contributed by atoms with E-state index in [9.17, 15) is 4.79 Å². The third kappa shape index (κ3) is 4.13. The van der Waals surface area contributed by atoms with Gasteiger partial charge in [-0.3, -0.25) is 9.69 Å². The maximum atomic E-state index is 11.9. The summed E-state index contributed by atoms with van der Waals surface area (Å²) in [5.74, 6) is 1.38. The van der Waals surface area contributed by atoms with Crippen molar-refractivity contribution in [3.05, 3.63) is 35.1 Å². The Bertz CT molecular complexity index is 695. The number of rotatable bonds is 5. The number of carbonyl (C=O) groups is 1. The predicted molar refractivity (Wildman–Crippen MR) is 91.5 cm³/mol. The van der Waals surface area contributed by atoms with Crippen LogP contribution in [0.2, 0.25) is 5.02 Å². The van der Waals surface area contributed by atoms with Crippen LogP contribution in [0.4, 0.5) is 0 Å². The summed E-state index contributed by atoms with van der Waals surface area (Å²) in [6.45, 7) is 5.84. The minimum Gasteiger partial charge on any atom is -0.340 e. The number of amides is 1. The number of carbonyl (C=O) groups excluding carboxylic acids is 1. The van der Waals surface area contributed by atoms with E-state index >= 15 is 0 Å². The molecular weight excluding hydrogens is 328 g/mol. The molecule has 0 N–H and O–H groups in total. The monoisotopic (exact) mass is 348 g/mol. The smallest absolute Gasteiger partial charge is 0.258 e. The molecule has 0 aliphatic carbocycles. The average molecular weight is 349 g/mol. The Morgan fingerprint density at radius 2 is 2.08 bits per heavy atom. The van der Waals surface area contributed by atoms with Crippen LogP contribution in [0, 0.1) is 0 Å². The lowest BCUT2D eigenvalue weighted by Crippen LogP contribution is -2.48. The first-order chi connectivity index (χ1) is 11.7. The van der Waals surface area contributed by atoms with Crippen LogP contribution < -0.4 is 0 Å². The first kappa shape index (κ1) is 16.9. The van der Waals surface area contributed by atoms with Crippen molar-refractivity contribution in [2.45, 2.75) is 26.3 Å². The standard InChI is InChI=1S/C17H21ClN4O2/c1-2-4-16(23)22-9-7-21(8-10-22)12-15-19-17(24-20-15)13-5-3-6-14(18)11-13/h3,5-6,11H,2,4,7-10,12H2,1H3. The van der Waals surface area contributed by atoms with Crippen molar-refractivity contribution in [2.75, 3.05) is 26.2 Å². The highest BCUT2D eigenvalue weighted by Crippen LogP contribution is 2.21. The Morgan fingerprint density at radius 1 is 1.29 bits per heavy atom. The first-order valence-electron chi connectivity index (χ1n) is 8.24. The number of hydrogen-bond donors (Lipinski definition) is 0. The van der Waals surface area contributed by atoms with E-state index in [1.807, 2.05) is 30.0 Å². The first-order valence-corrected chi connectivity index (χ1v) is 8.62. The van der Waals surface area contributed by atoms with E-state index in [0.29, 0.717) is 29.7 Å². The molecule has 0 unspecified atom stereocenters. The van der Waals surface area contributed by atoms with Gasteiger partial charge in [0.2, 0.25) is 5.91 Å². The van der Waals surface area contributed by atoms with Crippen LogP contribution in [0.25, 0.3) is 11.5 Å². The molecule has 2 heterocycles. The highest BCUT2D eigenvalue weighted by atomic mass is 35.5. The summed E-state index contributed by atoms with van der Waals surface area (Å²) in [5, 5.41) is 4.69. The van der Waals surface area contributed by atoms with Gasteiger partial charge in [-0.1, -0.05) is 29.7 Å². The molecule has 1 aromatic carbocycles. The number of benzene rings is 1. The lowest BCUT2D eigenvalue weighted by atomic mass is 10.2. The maximum Gasteiger partial charge on any atom is 0.258 e. The minimum absolute atomic E-state index is 0.250. The summed E-state index contributed by atoms with van der Waals surface area (Å²) in [7, 11) is 0. The summed E-state index contributed by atoms with van der Waals surface area (Å²) in [6.07, 6.45) is 1.53. The van der Waals surface area contributed by atoms with Crippen molar-refractivity contribution < 1.29 is 9.32 Å².